The number of alkyl halides is 3. The molecule has 0 atom stereocenters. The Hall–Kier alpha value is -2.11. The van der Waals surface area contributed by atoms with Gasteiger partial charge in [0.05, 0.1) is 17.0 Å². The van der Waals surface area contributed by atoms with Crippen LogP contribution in [-0.4, -0.2) is 83.5 Å². The summed E-state index contributed by atoms with van der Waals surface area (Å²) >= 11 is 6.23. The molecule has 2 N–H and O–H groups in total. The van der Waals surface area contributed by atoms with E-state index in [-0.39, 0.29) is 0 Å². The molecule has 0 bridgehead atoms. The standard InChI is InChI=1S/C13H18ClN5O.C2HF3O2/c1-20-7-6-18-2-4-19(5-3-18)13-11-10(14)8-15-12(11)16-9-17-13;3-2(4,5)1(6)7/h8-9H,2-7H2,1H3,(H,15,16,17);(H,6,7). The molecule has 2 aromatic heterocycles. The molecule has 0 radical (unpaired) electrons. The second-order valence-electron chi connectivity index (χ2n) is 5.68. The van der Waals surface area contributed by atoms with Gasteiger partial charge in [-0.3, -0.25) is 4.90 Å². The molecular weight excluding hydrogens is 391 g/mol. The van der Waals surface area contributed by atoms with E-state index >= 15 is 0 Å². The van der Waals surface area contributed by atoms with Crippen LogP contribution < -0.4 is 4.90 Å². The highest BCUT2D eigenvalue weighted by atomic mass is 35.5. The van der Waals surface area contributed by atoms with Gasteiger partial charge in [-0.05, 0) is 0 Å². The Bertz CT molecular complexity index is 763. The van der Waals surface area contributed by atoms with Gasteiger partial charge in [0.15, 0.2) is 0 Å². The van der Waals surface area contributed by atoms with Gasteiger partial charge in [0.25, 0.3) is 0 Å². The van der Waals surface area contributed by atoms with E-state index in [9.17, 15) is 13.2 Å². The molecule has 2 aromatic rings. The van der Waals surface area contributed by atoms with Crippen LogP contribution in [0.25, 0.3) is 11.0 Å². The fourth-order valence-corrected chi connectivity index (χ4v) is 2.78. The van der Waals surface area contributed by atoms with Gasteiger partial charge in [0.2, 0.25) is 0 Å². The zero-order valence-electron chi connectivity index (χ0n) is 14.5. The van der Waals surface area contributed by atoms with Crippen LogP contribution in [0.3, 0.4) is 0 Å². The molecule has 27 heavy (non-hydrogen) atoms. The number of carboxylic acid groups (broad SMARTS) is 1. The number of nitrogens with zero attached hydrogens (tertiary/aromatic N) is 4. The molecule has 3 rings (SSSR count). The number of aliphatic carboxylic acids is 1. The van der Waals surface area contributed by atoms with Crippen molar-refractivity contribution in [2.45, 2.75) is 6.18 Å². The number of aromatic nitrogens is 3. The Morgan fingerprint density at radius 3 is 2.52 bits per heavy atom. The highest BCUT2D eigenvalue weighted by Crippen LogP contribution is 2.30. The number of hydrogen-bond donors (Lipinski definition) is 2. The van der Waals surface area contributed by atoms with Crippen LogP contribution in [-0.2, 0) is 9.53 Å². The van der Waals surface area contributed by atoms with Crippen LogP contribution in [0.15, 0.2) is 12.5 Å². The Morgan fingerprint density at radius 2 is 1.96 bits per heavy atom. The first-order valence-corrected chi connectivity index (χ1v) is 8.35. The summed E-state index contributed by atoms with van der Waals surface area (Å²) in [6.45, 7) is 5.66. The molecule has 1 saturated heterocycles. The van der Waals surface area contributed by atoms with Crippen LogP contribution in [0.5, 0.6) is 0 Å². The van der Waals surface area contributed by atoms with Crippen LogP contribution in [0.4, 0.5) is 19.0 Å². The first kappa shape index (κ1) is 21.2. The topological polar surface area (TPSA) is 94.6 Å². The number of carboxylic acids is 1. The Balaban J connectivity index is 0.000000321. The molecule has 3 heterocycles. The number of anilines is 1. The molecule has 8 nitrogen and oxygen atoms in total. The van der Waals surface area contributed by atoms with E-state index in [1.807, 2.05) is 0 Å². The van der Waals surface area contributed by atoms with Crippen molar-refractivity contribution in [3.63, 3.8) is 0 Å². The largest absolute Gasteiger partial charge is 0.490 e. The van der Waals surface area contributed by atoms with E-state index in [2.05, 4.69) is 24.8 Å². The number of ether oxygens (including phenoxy) is 1. The van der Waals surface area contributed by atoms with Gasteiger partial charge in [-0.2, -0.15) is 13.2 Å². The summed E-state index contributed by atoms with van der Waals surface area (Å²) in [5.74, 6) is -1.83. The Labute approximate surface area is 157 Å². The van der Waals surface area contributed by atoms with Crippen LogP contribution in [0.2, 0.25) is 5.02 Å². The molecule has 150 valence electrons. The van der Waals surface area contributed by atoms with Crippen molar-refractivity contribution in [2.75, 3.05) is 51.3 Å². The molecule has 0 amide bonds. The van der Waals surface area contributed by atoms with Gasteiger partial charge < -0.3 is 19.7 Å². The number of methoxy groups -OCH3 is 1. The van der Waals surface area contributed by atoms with E-state index in [1.165, 1.54) is 0 Å². The number of piperazine rings is 1. The minimum absolute atomic E-state index is 0.678. The third-order valence-corrected chi connectivity index (χ3v) is 4.23. The normalized spacial score (nSPS) is 15.5. The van der Waals surface area contributed by atoms with Crippen molar-refractivity contribution in [3.05, 3.63) is 17.5 Å². The summed E-state index contributed by atoms with van der Waals surface area (Å²) in [4.78, 5) is 25.3. The number of rotatable bonds is 4. The first-order chi connectivity index (χ1) is 12.7. The van der Waals surface area contributed by atoms with E-state index in [1.54, 1.807) is 19.6 Å². The number of aromatic amines is 1. The smallest absolute Gasteiger partial charge is 0.475 e. The summed E-state index contributed by atoms with van der Waals surface area (Å²) in [6.07, 6.45) is -1.74. The summed E-state index contributed by atoms with van der Waals surface area (Å²) in [7, 11) is 1.74. The second-order valence-corrected chi connectivity index (χ2v) is 6.09. The van der Waals surface area contributed by atoms with Gasteiger partial charge in [-0.15, -0.1) is 0 Å². The average molecular weight is 410 g/mol. The fraction of sp³-hybridized carbons (Fsp3) is 0.533. The Kier molecular flexibility index (Phi) is 7.22. The Morgan fingerprint density at radius 1 is 1.33 bits per heavy atom. The van der Waals surface area contributed by atoms with Crippen molar-refractivity contribution in [2.24, 2.45) is 0 Å². The summed E-state index contributed by atoms with van der Waals surface area (Å²) in [5.41, 5.74) is 0.793. The lowest BCUT2D eigenvalue weighted by molar-refractivity contribution is -0.192. The summed E-state index contributed by atoms with van der Waals surface area (Å²) < 4.78 is 36.9. The van der Waals surface area contributed by atoms with Crippen molar-refractivity contribution in [1.29, 1.82) is 0 Å². The summed E-state index contributed by atoms with van der Waals surface area (Å²) in [6, 6.07) is 0. The predicted molar refractivity (Wildman–Crippen MR) is 93.1 cm³/mol. The van der Waals surface area contributed by atoms with Gasteiger partial charge >= 0.3 is 12.1 Å². The predicted octanol–water partition coefficient (Wildman–Crippen LogP) is 2.01. The number of nitrogens with one attached hydrogen (secondary N) is 1. The van der Waals surface area contributed by atoms with Crippen LogP contribution >= 0.6 is 11.6 Å². The van der Waals surface area contributed by atoms with E-state index in [4.69, 9.17) is 26.2 Å². The minimum Gasteiger partial charge on any atom is -0.475 e. The molecule has 1 aliphatic rings. The molecule has 0 unspecified atom stereocenters. The SMILES string of the molecule is COCCN1CCN(c2ncnc3[nH]cc(Cl)c23)CC1.O=C(O)C(F)(F)F. The number of H-pyrrole nitrogens is 1. The zero-order valence-corrected chi connectivity index (χ0v) is 15.2. The quantitative estimate of drug-likeness (QED) is 0.797. The van der Waals surface area contributed by atoms with E-state index in [0.29, 0.717) is 5.02 Å². The third-order valence-electron chi connectivity index (χ3n) is 3.93. The molecule has 1 fully saturated rings. The van der Waals surface area contributed by atoms with Gasteiger partial charge in [-0.1, -0.05) is 11.6 Å². The minimum atomic E-state index is -5.08. The van der Waals surface area contributed by atoms with Gasteiger partial charge in [-0.25, -0.2) is 14.8 Å². The lowest BCUT2D eigenvalue weighted by Crippen LogP contribution is -2.47. The van der Waals surface area contributed by atoms with E-state index in [0.717, 1.165) is 56.2 Å². The second kappa shape index (κ2) is 9.20. The first-order valence-electron chi connectivity index (χ1n) is 7.98. The maximum atomic E-state index is 10.6. The van der Waals surface area contributed by atoms with E-state index < -0.39 is 12.1 Å². The molecule has 0 saturated carbocycles. The number of fused-ring (bicyclic) bond motifs is 1. The van der Waals surface area contributed by atoms with Gasteiger partial charge in [0, 0.05) is 46.0 Å². The highest BCUT2D eigenvalue weighted by Gasteiger charge is 2.38. The van der Waals surface area contributed by atoms with Crippen LogP contribution in [0, 0.1) is 0 Å². The van der Waals surface area contributed by atoms with Crippen LogP contribution in [0.1, 0.15) is 0 Å². The molecular formula is C15H19ClF3N5O3. The number of halogens is 4. The molecule has 1 aliphatic heterocycles. The molecule has 0 aliphatic carbocycles. The lowest BCUT2D eigenvalue weighted by Gasteiger charge is -2.35. The lowest BCUT2D eigenvalue weighted by atomic mass is 10.2. The maximum Gasteiger partial charge on any atom is 0.490 e. The monoisotopic (exact) mass is 409 g/mol. The highest BCUT2D eigenvalue weighted by molar-refractivity contribution is 6.36. The zero-order chi connectivity index (χ0) is 20.0. The van der Waals surface area contributed by atoms with Crippen molar-refractivity contribution in [1.82, 2.24) is 19.9 Å². The number of hydrogen-bond acceptors (Lipinski definition) is 6. The third kappa shape index (κ3) is 5.68. The molecule has 0 aromatic carbocycles. The van der Waals surface area contributed by atoms with Crippen molar-refractivity contribution < 1.29 is 27.8 Å². The average Bonchev–Trinajstić information content (AvgIpc) is 3.01. The molecule has 12 heteroatoms. The van der Waals surface area contributed by atoms with Crippen molar-refractivity contribution >= 4 is 34.4 Å². The summed E-state index contributed by atoms with van der Waals surface area (Å²) in [5, 5.41) is 8.72. The number of carbonyl (C=O) groups is 1. The van der Waals surface area contributed by atoms with Gasteiger partial charge in [0.1, 0.15) is 17.8 Å². The fourth-order valence-electron chi connectivity index (χ4n) is 2.55. The maximum absolute atomic E-state index is 10.6. The van der Waals surface area contributed by atoms with Crippen molar-refractivity contribution in [3.8, 4) is 0 Å². The molecule has 0 spiro atoms.